The summed E-state index contributed by atoms with van der Waals surface area (Å²) in [5, 5.41) is 20.6. The third kappa shape index (κ3) is 4.10. The fourth-order valence-electron chi connectivity index (χ4n) is 16.1. The molecule has 0 N–H and O–H groups in total. The van der Waals surface area contributed by atoms with Crippen LogP contribution in [0.3, 0.4) is 0 Å². The van der Waals surface area contributed by atoms with Gasteiger partial charge < -0.3 is 18.3 Å². The van der Waals surface area contributed by atoms with Crippen LogP contribution >= 0.6 is 0 Å². The number of rotatable bonds is 0. The molecule has 0 radical (unpaired) electrons. The quantitative estimate of drug-likeness (QED) is 0.135. The van der Waals surface area contributed by atoms with Crippen LogP contribution in [0.15, 0.2) is 218 Å². The maximum atomic E-state index is 2.72. The average molecular weight is 955 g/mol. The Labute approximate surface area is 433 Å². The molecule has 0 bridgehead atoms. The van der Waals surface area contributed by atoms with E-state index in [1.807, 2.05) is 0 Å². The number of hydrogen-bond donors (Lipinski definition) is 0. The van der Waals surface area contributed by atoms with Crippen molar-refractivity contribution in [2.75, 3.05) is 0 Å². The molecule has 76 heavy (non-hydrogen) atoms. The van der Waals surface area contributed by atoms with Crippen LogP contribution in [-0.4, -0.2) is 31.7 Å². The Morgan fingerprint density at radius 1 is 0.211 bits per heavy atom. The van der Waals surface area contributed by atoms with Gasteiger partial charge in [0.1, 0.15) is 0 Å². The molecule has 21 rings (SSSR count). The summed E-state index contributed by atoms with van der Waals surface area (Å²) in [7, 11) is 0. The van der Waals surface area contributed by atoms with Crippen LogP contribution in [-0.2, 0) is 0 Å². The summed E-state index contributed by atoms with van der Waals surface area (Å²) < 4.78 is 10.7. The molecule has 4 aliphatic heterocycles. The molecule has 8 heterocycles. The zero-order valence-electron chi connectivity index (χ0n) is 40.7. The van der Waals surface area contributed by atoms with E-state index in [2.05, 4.69) is 237 Å². The molecule has 0 atom stereocenters. The first kappa shape index (κ1) is 37.9. The molecule has 0 saturated carbocycles. The molecule has 4 nitrogen and oxygen atoms in total. The zero-order valence-corrected chi connectivity index (χ0v) is 40.7. The Bertz CT molecular complexity index is 5390. The molecule has 13 aromatic carbocycles. The van der Waals surface area contributed by atoms with Gasteiger partial charge in [-0.1, -0.05) is 170 Å². The molecule has 17 aromatic rings. The van der Waals surface area contributed by atoms with Crippen molar-refractivity contribution >= 4 is 177 Å². The summed E-state index contributed by atoms with van der Waals surface area (Å²) >= 11 is 0. The van der Waals surface area contributed by atoms with Gasteiger partial charge in [-0.15, -0.1) is 0 Å². The van der Waals surface area contributed by atoms with Gasteiger partial charge in [0.2, 0.25) is 0 Å². The van der Waals surface area contributed by atoms with Crippen LogP contribution in [0.1, 0.15) is 0 Å². The number of benzene rings is 13. The van der Waals surface area contributed by atoms with E-state index in [0.29, 0.717) is 0 Å². The minimum Gasteiger partial charge on any atom is -0.310 e. The van der Waals surface area contributed by atoms with Gasteiger partial charge in [0, 0.05) is 87.6 Å². The van der Waals surface area contributed by atoms with Crippen molar-refractivity contribution in [2.45, 2.75) is 0 Å². The third-order valence-electron chi connectivity index (χ3n) is 19.0. The van der Waals surface area contributed by atoms with Gasteiger partial charge >= 0.3 is 0 Å². The van der Waals surface area contributed by atoms with E-state index in [4.69, 9.17) is 0 Å². The van der Waals surface area contributed by atoms with Crippen LogP contribution in [0.5, 0.6) is 0 Å². The molecule has 0 aliphatic carbocycles. The van der Waals surface area contributed by atoms with Gasteiger partial charge in [-0.05, 0) is 114 Å². The molecule has 0 spiro atoms. The van der Waals surface area contributed by atoms with E-state index >= 15 is 0 Å². The van der Waals surface area contributed by atoms with Crippen LogP contribution in [0.4, 0.5) is 0 Å². The highest BCUT2D eigenvalue weighted by Crippen LogP contribution is 2.46. The van der Waals surface area contributed by atoms with E-state index in [0.717, 1.165) is 0 Å². The van der Waals surface area contributed by atoms with Crippen molar-refractivity contribution in [3.05, 3.63) is 218 Å². The molecular formula is C70H36B2N4. The molecule has 4 aromatic heterocycles. The van der Waals surface area contributed by atoms with E-state index in [-0.39, 0.29) is 13.4 Å². The predicted octanol–water partition coefficient (Wildman–Crippen LogP) is 13.0. The molecule has 4 aliphatic rings. The highest BCUT2D eigenvalue weighted by molar-refractivity contribution is 7.02. The molecule has 0 saturated heterocycles. The maximum Gasteiger partial charge on any atom is 0.252 e. The number of aromatic nitrogens is 4. The minimum atomic E-state index is -0.0229. The highest BCUT2D eigenvalue weighted by atomic mass is 15.1. The summed E-state index contributed by atoms with van der Waals surface area (Å²) in [4.78, 5) is 0. The summed E-state index contributed by atoms with van der Waals surface area (Å²) in [5.41, 5.74) is 23.7. The topological polar surface area (TPSA) is 19.7 Å². The maximum absolute atomic E-state index is 2.72. The van der Waals surface area contributed by atoms with Crippen molar-refractivity contribution in [2.24, 2.45) is 0 Å². The van der Waals surface area contributed by atoms with Crippen molar-refractivity contribution < 1.29 is 0 Å². The molecule has 342 valence electrons. The van der Waals surface area contributed by atoms with Crippen molar-refractivity contribution in [1.29, 1.82) is 0 Å². The fourth-order valence-corrected chi connectivity index (χ4v) is 16.1. The summed E-state index contributed by atoms with van der Waals surface area (Å²) in [6.07, 6.45) is 0. The van der Waals surface area contributed by atoms with E-state index < -0.39 is 0 Å². The molecular weight excluding hydrogens is 918 g/mol. The van der Waals surface area contributed by atoms with Crippen LogP contribution < -0.4 is 32.8 Å². The van der Waals surface area contributed by atoms with Crippen LogP contribution in [0.2, 0.25) is 0 Å². The van der Waals surface area contributed by atoms with Crippen molar-refractivity contribution in [3.8, 4) is 22.7 Å². The molecule has 0 amide bonds. The Kier molecular flexibility index (Phi) is 6.28. The van der Waals surface area contributed by atoms with E-state index in [1.54, 1.807) is 0 Å². The first-order chi connectivity index (χ1) is 37.7. The summed E-state index contributed by atoms with van der Waals surface area (Å²) in [5.74, 6) is 0. The highest BCUT2D eigenvalue weighted by Gasteiger charge is 2.46. The largest absolute Gasteiger partial charge is 0.310 e. The minimum absolute atomic E-state index is 0.0229. The Hall–Kier alpha value is -9.77. The van der Waals surface area contributed by atoms with Gasteiger partial charge in [-0.3, -0.25) is 0 Å². The normalized spacial score (nSPS) is 13.7. The lowest BCUT2D eigenvalue weighted by molar-refractivity contribution is 1.14. The van der Waals surface area contributed by atoms with Gasteiger partial charge in [-0.25, -0.2) is 0 Å². The van der Waals surface area contributed by atoms with E-state index in [1.165, 1.54) is 186 Å². The first-order valence-electron chi connectivity index (χ1n) is 26.8. The van der Waals surface area contributed by atoms with Crippen LogP contribution in [0, 0.1) is 0 Å². The lowest BCUT2D eigenvalue weighted by atomic mass is 9.32. The van der Waals surface area contributed by atoms with Crippen LogP contribution in [0.25, 0.3) is 153 Å². The molecule has 6 heteroatoms. The first-order valence-corrected chi connectivity index (χ1v) is 26.8. The number of para-hydroxylation sites is 2. The lowest BCUT2D eigenvalue weighted by Crippen LogP contribution is -2.62. The van der Waals surface area contributed by atoms with Gasteiger partial charge in [-0.2, -0.15) is 0 Å². The predicted molar refractivity (Wildman–Crippen MR) is 323 cm³/mol. The van der Waals surface area contributed by atoms with E-state index in [9.17, 15) is 0 Å². The second-order valence-corrected chi connectivity index (χ2v) is 22.3. The van der Waals surface area contributed by atoms with Gasteiger partial charge in [0.05, 0.1) is 33.1 Å². The Morgan fingerprint density at radius 2 is 0.579 bits per heavy atom. The Balaban J connectivity index is 0.978. The van der Waals surface area contributed by atoms with Crippen molar-refractivity contribution in [3.63, 3.8) is 0 Å². The fraction of sp³-hybridized carbons (Fsp3) is 0. The standard InChI is InChI=1S/C70H36B2N4/c1-3-15-41-33-59-51(31-39(41)13-1)45-19-9-21-53-67(45)73(59)57-29-27-49-47-25-23-37-11-5-7-17-43(37)65(47)75-61-36-56-62(35-55(61)71(53)63(57)69(49)75)76-66-44-18-8-6-12-38(44)24-26-48(66)50-28-30-58-64(70(50)76)72(56)54-22-10-20-46-52-32-40-14-2-4-16-42(40)34-60(52)74(58)68(46)54/h1-36H. The smallest absolute Gasteiger partial charge is 0.252 e. The lowest BCUT2D eigenvalue weighted by Gasteiger charge is -2.37. The number of hydrogen-bond acceptors (Lipinski definition) is 0. The molecule has 0 unspecified atom stereocenters. The summed E-state index contributed by atoms with van der Waals surface area (Å²) in [6.45, 7) is -0.0458. The second-order valence-electron chi connectivity index (χ2n) is 22.3. The van der Waals surface area contributed by atoms with Crippen molar-refractivity contribution in [1.82, 2.24) is 18.3 Å². The third-order valence-corrected chi connectivity index (χ3v) is 19.0. The number of fused-ring (bicyclic) bond motifs is 28. The Morgan fingerprint density at radius 3 is 1.04 bits per heavy atom. The molecule has 0 fully saturated rings. The monoisotopic (exact) mass is 954 g/mol. The van der Waals surface area contributed by atoms with Gasteiger partial charge in [0.25, 0.3) is 13.4 Å². The SMILES string of the molecule is c1ccc2cc3c(cc2c1)c1cccc2c1n3-c1ccc3c4ccc5ccccc5c4n4c3c1B2c1cc2c(cc1-4)B1c3cccc4c5cc6ccccc6cc5n(c34)-c3ccc4c5ccc6ccccc6c5n-2c4c31. The number of nitrogens with zero attached hydrogens (tertiary/aromatic N) is 4. The van der Waals surface area contributed by atoms with Gasteiger partial charge in [0.15, 0.2) is 0 Å². The second kappa shape index (κ2) is 12.6. The summed E-state index contributed by atoms with van der Waals surface area (Å²) in [6, 6.07) is 84.4. The zero-order chi connectivity index (χ0) is 48.5. The average Bonchev–Trinajstić information content (AvgIpc) is 4.29.